The molecule has 1 amide bonds. The van der Waals surface area contributed by atoms with E-state index < -0.39 is 16.6 Å². The summed E-state index contributed by atoms with van der Waals surface area (Å²) in [5.74, 6) is -0.834. The average Bonchev–Trinajstić information content (AvgIpc) is 3.11. The SMILES string of the molecule is Cc1c(Cl)c([N+](=O)[O-])nn1CC(=O)Nc1nn(Cc2ccc(Cl)cc2)cc1Cl. The monoisotopic (exact) mass is 442 g/mol. The van der Waals surface area contributed by atoms with Crippen molar-refractivity contribution in [3.8, 4) is 0 Å². The van der Waals surface area contributed by atoms with Crippen LogP contribution < -0.4 is 5.32 Å². The maximum atomic E-state index is 12.3. The first-order chi connectivity index (χ1) is 13.2. The van der Waals surface area contributed by atoms with Gasteiger partial charge in [-0.3, -0.25) is 9.48 Å². The number of carbonyl (C=O) groups excluding carboxylic acids is 1. The molecule has 146 valence electrons. The minimum Gasteiger partial charge on any atom is -0.358 e. The Morgan fingerprint density at radius 3 is 2.50 bits per heavy atom. The van der Waals surface area contributed by atoms with Crippen LogP contribution in [0, 0.1) is 17.0 Å². The lowest BCUT2D eigenvalue weighted by Gasteiger charge is -2.03. The lowest BCUT2D eigenvalue weighted by atomic mass is 10.2. The van der Waals surface area contributed by atoms with Gasteiger partial charge in [0, 0.05) is 11.2 Å². The molecule has 3 aromatic rings. The van der Waals surface area contributed by atoms with Crippen molar-refractivity contribution in [1.82, 2.24) is 19.6 Å². The summed E-state index contributed by atoms with van der Waals surface area (Å²) in [4.78, 5) is 22.5. The molecule has 0 fully saturated rings. The number of aromatic nitrogens is 4. The summed E-state index contributed by atoms with van der Waals surface area (Å²) < 4.78 is 2.72. The van der Waals surface area contributed by atoms with Gasteiger partial charge in [0.2, 0.25) is 5.91 Å². The zero-order valence-electron chi connectivity index (χ0n) is 14.4. The zero-order chi connectivity index (χ0) is 20.4. The van der Waals surface area contributed by atoms with E-state index in [2.05, 4.69) is 15.5 Å². The van der Waals surface area contributed by atoms with E-state index in [1.54, 1.807) is 23.0 Å². The van der Waals surface area contributed by atoms with Crippen LogP contribution in [0.3, 0.4) is 0 Å². The smallest absolute Gasteiger partial charge is 0.358 e. The molecule has 0 bridgehead atoms. The number of nitrogens with one attached hydrogen (secondary N) is 1. The fourth-order valence-electron chi connectivity index (χ4n) is 2.43. The summed E-state index contributed by atoms with van der Waals surface area (Å²) >= 11 is 17.9. The molecule has 0 unspecified atom stereocenters. The maximum absolute atomic E-state index is 12.3. The molecule has 0 spiro atoms. The molecule has 2 aromatic heterocycles. The van der Waals surface area contributed by atoms with E-state index in [4.69, 9.17) is 34.8 Å². The molecular weight excluding hydrogens is 431 g/mol. The van der Waals surface area contributed by atoms with E-state index in [0.29, 0.717) is 17.3 Å². The van der Waals surface area contributed by atoms with Crippen LogP contribution in [-0.2, 0) is 17.9 Å². The van der Waals surface area contributed by atoms with E-state index in [1.165, 1.54) is 6.92 Å². The second-order valence-electron chi connectivity index (χ2n) is 5.84. The number of rotatable bonds is 6. The Bertz CT molecular complexity index is 1040. The van der Waals surface area contributed by atoms with Gasteiger partial charge in [-0.1, -0.05) is 46.9 Å². The van der Waals surface area contributed by atoms with Gasteiger partial charge < -0.3 is 15.4 Å². The summed E-state index contributed by atoms with van der Waals surface area (Å²) in [6, 6.07) is 7.24. The van der Waals surface area contributed by atoms with Crippen LogP contribution in [0.4, 0.5) is 11.6 Å². The highest BCUT2D eigenvalue weighted by Crippen LogP contribution is 2.26. The molecule has 9 nitrogen and oxygen atoms in total. The molecule has 0 aliphatic carbocycles. The number of hydrogen-bond donors (Lipinski definition) is 1. The largest absolute Gasteiger partial charge is 0.408 e. The minimum absolute atomic E-state index is 0.108. The van der Waals surface area contributed by atoms with E-state index in [1.807, 2.05) is 12.1 Å². The van der Waals surface area contributed by atoms with E-state index in [-0.39, 0.29) is 22.4 Å². The third kappa shape index (κ3) is 4.44. The minimum atomic E-state index is -0.709. The Morgan fingerprint density at radius 1 is 1.21 bits per heavy atom. The molecule has 0 radical (unpaired) electrons. The Kier molecular flexibility index (Phi) is 5.87. The number of benzene rings is 1. The summed E-state index contributed by atoms with van der Waals surface area (Å²) in [6.07, 6.45) is 1.58. The number of halogens is 3. The van der Waals surface area contributed by atoms with Gasteiger partial charge in [0.15, 0.2) is 10.8 Å². The van der Waals surface area contributed by atoms with Crippen LogP contribution in [0.25, 0.3) is 0 Å². The van der Waals surface area contributed by atoms with Crippen molar-refractivity contribution in [2.24, 2.45) is 0 Å². The number of carbonyl (C=O) groups is 1. The molecule has 28 heavy (non-hydrogen) atoms. The van der Waals surface area contributed by atoms with Crippen LogP contribution in [0.5, 0.6) is 0 Å². The predicted molar refractivity (Wildman–Crippen MR) is 105 cm³/mol. The first-order valence-electron chi connectivity index (χ1n) is 7.89. The van der Waals surface area contributed by atoms with Gasteiger partial charge in [-0.2, -0.15) is 9.78 Å². The van der Waals surface area contributed by atoms with Crippen LogP contribution in [0.1, 0.15) is 11.3 Å². The molecule has 3 rings (SSSR count). The number of anilines is 1. The number of nitro groups is 1. The van der Waals surface area contributed by atoms with E-state index in [9.17, 15) is 14.9 Å². The highest BCUT2D eigenvalue weighted by atomic mass is 35.5. The number of hydrogen-bond acceptors (Lipinski definition) is 5. The summed E-state index contributed by atoms with van der Waals surface area (Å²) in [5.41, 5.74) is 1.26. The van der Waals surface area contributed by atoms with E-state index >= 15 is 0 Å². The fraction of sp³-hybridized carbons (Fsp3) is 0.188. The molecule has 0 saturated heterocycles. The van der Waals surface area contributed by atoms with Gasteiger partial charge in [-0.15, -0.1) is 0 Å². The molecule has 0 aliphatic heterocycles. The Hall–Kier alpha value is -2.62. The molecule has 2 heterocycles. The van der Waals surface area contributed by atoms with Gasteiger partial charge in [0.1, 0.15) is 11.6 Å². The van der Waals surface area contributed by atoms with Crippen molar-refractivity contribution in [1.29, 1.82) is 0 Å². The lowest BCUT2D eigenvalue weighted by Crippen LogP contribution is -2.21. The molecule has 0 aliphatic rings. The topological polar surface area (TPSA) is 108 Å². The van der Waals surface area contributed by atoms with Crippen molar-refractivity contribution in [2.45, 2.75) is 20.0 Å². The Morgan fingerprint density at radius 2 is 1.89 bits per heavy atom. The summed E-state index contributed by atoms with van der Waals surface area (Å²) in [7, 11) is 0. The zero-order valence-corrected chi connectivity index (χ0v) is 16.7. The number of amides is 1. The molecule has 1 aromatic carbocycles. The first kappa shape index (κ1) is 20.1. The van der Waals surface area contributed by atoms with Crippen molar-refractivity contribution < 1.29 is 9.72 Å². The van der Waals surface area contributed by atoms with Gasteiger partial charge in [-0.25, -0.2) is 0 Å². The fourth-order valence-corrected chi connectivity index (χ4v) is 2.95. The van der Waals surface area contributed by atoms with Gasteiger partial charge in [0.25, 0.3) is 0 Å². The van der Waals surface area contributed by atoms with Crippen molar-refractivity contribution in [2.75, 3.05) is 5.32 Å². The van der Waals surface area contributed by atoms with Crippen LogP contribution in [0.15, 0.2) is 30.5 Å². The second kappa shape index (κ2) is 8.17. The second-order valence-corrected chi connectivity index (χ2v) is 7.06. The third-order valence-corrected chi connectivity index (χ3v) is 4.79. The molecule has 0 saturated carbocycles. The number of nitrogens with zero attached hydrogens (tertiary/aromatic N) is 5. The van der Waals surface area contributed by atoms with Gasteiger partial charge >= 0.3 is 5.82 Å². The predicted octanol–water partition coefficient (Wildman–Crippen LogP) is 3.94. The molecule has 0 atom stereocenters. The first-order valence-corrected chi connectivity index (χ1v) is 9.02. The van der Waals surface area contributed by atoms with Crippen molar-refractivity contribution >= 4 is 52.3 Å². The summed E-state index contributed by atoms with van der Waals surface area (Å²) in [6.45, 7) is 1.69. The highest BCUT2D eigenvalue weighted by Gasteiger charge is 2.25. The quantitative estimate of drug-likeness (QED) is 0.458. The highest BCUT2D eigenvalue weighted by molar-refractivity contribution is 6.33. The van der Waals surface area contributed by atoms with Crippen molar-refractivity contribution in [3.05, 3.63) is 66.9 Å². The third-order valence-electron chi connectivity index (χ3n) is 3.82. The van der Waals surface area contributed by atoms with Crippen molar-refractivity contribution in [3.63, 3.8) is 0 Å². The molecular formula is C16H13Cl3N6O3. The molecule has 1 N–H and O–H groups in total. The molecule has 12 heteroatoms. The van der Waals surface area contributed by atoms with E-state index in [0.717, 1.165) is 10.2 Å². The Labute approximate surface area is 173 Å². The van der Waals surface area contributed by atoms with Gasteiger partial charge in [-0.05, 0) is 29.5 Å². The Balaban J connectivity index is 1.69. The lowest BCUT2D eigenvalue weighted by molar-refractivity contribution is -0.389. The summed E-state index contributed by atoms with van der Waals surface area (Å²) in [5, 5.41) is 22.2. The van der Waals surface area contributed by atoms with Crippen LogP contribution in [0.2, 0.25) is 15.1 Å². The maximum Gasteiger partial charge on any atom is 0.408 e. The normalized spacial score (nSPS) is 10.9. The standard InChI is InChI=1S/C16H13Cl3N6O3/c1-9-14(19)16(25(27)28)22-24(9)8-13(26)20-15-12(18)7-23(21-15)6-10-2-4-11(17)5-3-10/h2-5,7H,6,8H2,1H3,(H,20,21,26). The average molecular weight is 444 g/mol. The van der Waals surface area contributed by atoms with Crippen LogP contribution in [-0.4, -0.2) is 30.4 Å². The van der Waals surface area contributed by atoms with Crippen LogP contribution >= 0.6 is 34.8 Å². The van der Waals surface area contributed by atoms with Gasteiger partial charge in [0.05, 0.1) is 17.3 Å².